The molecule has 0 spiro atoms. The number of aromatic amines is 1. The van der Waals surface area contributed by atoms with Crippen molar-refractivity contribution in [2.45, 2.75) is 63.0 Å². The number of nitrogens with one attached hydrogen (secondary N) is 2. The van der Waals surface area contributed by atoms with E-state index in [1.54, 1.807) is 17.4 Å². The van der Waals surface area contributed by atoms with Gasteiger partial charge in [0.25, 0.3) is 0 Å². The van der Waals surface area contributed by atoms with Crippen LogP contribution in [0.2, 0.25) is 0 Å². The molecule has 3 aromatic rings. The van der Waals surface area contributed by atoms with Crippen molar-refractivity contribution in [2.24, 2.45) is 5.73 Å². The molecule has 4 heterocycles. The predicted molar refractivity (Wildman–Crippen MR) is 142 cm³/mol. The van der Waals surface area contributed by atoms with Gasteiger partial charge in [0.05, 0.1) is 24.7 Å². The van der Waals surface area contributed by atoms with Gasteiger partial charge in [-0.2, -0.15) is 0 Å². The molecular weight excluding hydrogens is 492 g/mol. The van der Waals surface area contributed by atoms with E-state index in [2.05, 4.69) is 20.2 Å². The summed E-state index contributed by atoms with van der Waals surface area (Å²) in [6.07, 6.45) is 7.93. The molecule has 1 saturated heterocycles. The molecule has 1 saturated carbocycles. The van der Waals surface area contributed by atoms with Crippen molar-refractivity contribution >= 4 is 39.1 Å². The van der Waals surface area contributed by atoms with E-state index in [1.165, 1.54) is 16.6 Å². The van der Waals surface area contributed by atoms with Gasteiger partial charge in [-0.1, -0.05) is 0 Å². The number of rotatable bonds is 7. The summed E-state index contributed by atoms with van der Waals surface area (Å²) in [6.45, 7) is 3.66. The van der Waals surface area contributed by atoms with Crippen LogP contribution in [0, 0.1) is 0 Å². The highest BCUT2D eigenvalue weighted by atomic mass is 32.1. The van der Waals surface area contributed by atoms with Crippen LogP contribution in [0.4, 0.5) is 11.6 Å². The molecule has 0 aromatic carbocycles. The molecule has 0 bridgehead atoms. The van der Waals surface area contributed by atoms with Crippen molar-refractivity contribution in [1.29, 1.82) is 0 Å². The first kappa shape index (κ1) is 24.3. The number of aromatic nitrogens is 3. The van der Waals surface area contributed by atoms with Crippen LogP contribution in [0.25, 0.3) is 10.2 Å². The Morgan fingerprint density at radius 3 is 2.81 bits per heavy atom. The topological polar surface area (TPSA) is 135 Å². The summed E-state index contributed by atoms with van der Waals surface area (Å²) in [5, 5.41) is 4.21. The normalized spacial score (nSPS) is 24.2. The number of aryl methyl sites for hydroxylation is 1. The molecule has 10 nitrogen and oxygen atoms in total. The number of hydrogen-bond donors (Lipinski definition) is 3. The van der Waals surface area contributed by atoms with Crippen LogP contribution in [0.1, 0.15) is 54.9 Å². The lowest BCUT2D eigenvalue weighted by molar-refractivity contribution is -0.118. The zero-order valence-corrected chi connectivity index (χ0v) is 21.5. The highest BCUT2D eigenvalue weighted by molar-refractivity contribution is 7.19. The number of carbonyl (C=O) groups is 1. The van der Waals surface area contributed by atoms with E-state index in [4.69, 9.17) is 20.2 Å². The molecular formula is C26H32N6O4S. The average Bonchev–Trinajstić information content (AvgIpc) is 3.44. The first-order valence-corrected chi connectivity index (χ1v) is 13.9. The van der Waals surface area contributed by atoms with E-state index >= 15 is 0 Å². The number of anilines is 2. The molecule has 37 heavy (non-hydrogen) atoms. The van der Waals surface area contributed by atoms with Gasteiger partial charge in [0, 0.05) is 42.7 Å². The third-order valence-electron chi connectivity index (χ3n) is 7.75. The summed E-state index contributed by atoms with van der Waals surface area (Å²) < 4.78 is 12.3. The fourth-order valence-corrected chi connectivity index (χ4v) is 7.32. The molecule has 196 valence electrons. The third kappa shape index (κ3) is 5.21. The van der Waals surface area contributed by atoms with E-state index in [9.17, 15) is 9.59 Å². The summed E-state index contributed by atoms with van der Waals surface area (Å²) in [4.78, 5) is 39.4. The standard InChI is InChI=1S/C26H32N6O4S/c27-20(33)13-15-1-6-19-23(15)24-18(36-17-4-2-16(3-5-17)32-9-11-35-12-10-32)14-22(30-25(24)37-19)29-21-7-8-28-26(34)31-21/h7-8,14-17H,1-6,9-13H2,(H2,27,33)(H2,28,29,30,31,34)/t15-,16?,17?/m1/s1. The van der Waals surface area contributed by atoms with E-state index in [0.717, 1.165) is 80.8 Å². The third-order valence-corrected chi connectivity index (χ3v) is 8.91. The minimum Gasteiger partial charge on any atom is -0.490 e. The summed E-state index contributed by atoms with van der Waals surface area (Å²) >= 11 is 1.65. The van der Waals surface area contributed by atoms with Gasteiger partial charge in [-0.15, -0.1) is 11.3 Å². The summed E-state index contributed by atoms with van der Waals surface area (Å²) in [5.41, 5.74) is 6.33. The number of nitrogens with zero attached hydrogens (tertiary/aromatic N) is 3. The molecule has 2 aliphatic carbocycles. The zero-order valence-electron chi connectivity index (χ0n) is 20.7. The molecule has 4 N–H and O–H groups in total. The van der Waals surface area contributed by atoms with E-state index in [-0.39, 0.29) is 17.9 Å². The summed E-state index contributed by atoms with van der Waals surface area (Å²) in [6, 6.07) is 4.20. The Hall–Kier alpha value is -3.02. The number of nitrogens with two attached hydrogens (primary N) is 1. The van der Waals surface area contributed by atoms with E-state index in [0.29, 0.717) is 24.1 Å². The molecule has 2 fully saturated rings. The second-order valence-electron chi connectivity index (χ2n) is 10.1. The first-order chi connectivity index (χ1) is 18.0. The van der Waals surface area contributed by atoms with E-state index in [1.807, 2.05) is 6.07 Å². The minimum atomic E-state index is -0.427. The zero-order chi connectivity index (χ0) is 25.4. The summed E-state index contributed by atoms with van der Waals surface area (Å²) in [7, 11) is 0. The lowest BCUT2D eigenvalue weighted by Crippen LogP contribution is -2.46. The number of ether oxygens (including phenoxy) is 2. The lowest BCUT2D eigenvalue weighted by Gasteiger charge is -2.38. The smallest absolute Gasteiger partial charge is 0.346 e. The quantitative estimate of drug-likeness (QED) is 0.429. The molecule has 1 atom stereocenters. The second kappa shape index (κ2) is 10.4. The second-order valence-corrected chi connectivity index (χ2v) is 11.2. The molecule has 0 radical (unpaired) electrons. The molecule has 3 aromatic heterocycles. The van der Waals surface area contributed by atoms with Gasteiger partial charge in [0.1, 0.15) is 22.2 Å². The van der Waals surface area contributed by atoms with Crippen LogP contribution in [0.3, 0.4) is 0 Å². The van der Waals surface area contributed by atoms with Gasteiger partial charge >= 0.3 is 5.69 Å². The van der Waals surface area contributed by atoms with Gasteiger partial charge in [-0.05, 0) is 56.1 Å². The number of H-pyrrole nitrogens is 1. The van der Waals surface area contributed by atoms with Crippen molar-refractivity contribution in [3.63, 3.8) is 0 Å². The molecule has 11 heteroatoms. The Balaban J connectivity index is 1.29. The summed E-state index contributed by atoms with van der Waals surface area (Å²) in [5.74, 6) is 1.71. The Bertz CT molecular complexity index is 1340. The minimum absolute atomic E-state index is 0.0952. The van der Waals surface area contributed by atoms with Crippen molar-refractivity contribution < 1.29 is 14.3 Å². The fourth-order valence-electron chi connectivity index (χ4n) is 6.03. The van der Waals surface area contributed by atoms with Gasteiger partial charge in [0.15, 0.2) is 0 Å². The van der Waals surface area contributed by atoms with Crippen molar-refractivity contribution in [2.75, 3.05) is 31.6 Å². The number of carbonyl (C=O) groups excluding carboxylic acids is 1. The molecule has 1 aliphatic heterocycles. The largest absolute Gasteiger partial charge is 0.490 e. The maximum atomic E-state index is 11.8. The average molecular weight is 525 g/mol. The molecule has 6 rings (SSSR count). The number of pyridine rings is 1. The molecule has 0 unspecified atom stereocenters. The predicted octanol–water partition coefficient (Wildman–Crippen LogP) is 3.05. The lowest BCUT2D eigenvalue weighted by atomic mass is 9.91. The highest BCUT2D eigenvalue weighted by Crippen LogP contribution is 2.49. The van der Waals surface area contributed by atoms with E-state index < -0.39 is 5.69 Å². The number of primary amides is 1. The maximum Gasteiger partial charge on any atom is 0.346 e. The van der Waals surface area contributed by atoms with Crippen LogP contribution < -0.4 is 21.5 Å². The maximum absolute atomic E-state index is 11.8. The Kier molecular flexibility index (Phi) is 6.83. The number of morpholine rings is 1. The number of amides is 1. The Labute approximate surface area is 218 Å². The number of fused-ring (bicyclic) bond motifs is 3. The SMILES string of the molecule is NC(=O)C[C@H]1CCc2sc3nc(Nc4ccnc(=O)[nH]4)cc(OC4CCC(N5CCOCC5)CC4)c3c21. The fraction of sp³-hybridized carbons (Fsp3) is 0.538. The monoisotopic (exact) mass is 524 g/mol. The van der Waals surface area contributed by atoms with Crippen LogP contribution in [0.5, 0.6) is 5.75 Å². The van der Waals surface area contributed by atoms with Gasteiger partial charge in [0.2, 0.25) is 5.91 Å². The van der Waals surface area contributed by atoms with Crippen molar-refractivity contribution in [1.82, 2.24) is 19.9 Å². The molecule has 1 amide bonds. The van der Waals surface area contributed by atoms with Gasteiger partial charge in [-0.3, -0.25) is 14.7 Å². The number of hydrogen-bond acceptors (Lipinski definition) is 9. The van der Waals surface area contributed by atoms with Crippen LogP contribution in [-0.2, 0) is 16.0 Å². The first-order valence-electron chi connectivity index (χ1n) is 13.1. The van der Waals surface area contributed by atoms with Crippen molar-refractivity contribution in [3.05, 3.63) is 39.3 Å². The van der Waals surface area contributed by atoms with Gasteiger partial charge < -0.3 is 20.5 Å². The molecule has 3 aliphatic rings. The van der Waals surface area contributed by atoms with Crippen LogP contribution in [-0.4, -0.2) is 64.2 Å². The van der Waals surface area contributed by atoms with Crippen LogP contribution >= 0.6 is 11.3 Å². The number of thiophene rings is 1. The van der Waals surface area contributed by atoms with Crippen LogP contribution in [0.15, 0.2) is 23.1 Å². The van der Waals surface area contributed by atoms with Gasteiger partial charge in [-0.25, -0.2) is 14.8 Å². The highest BCUT2D eigenvalue weighted by Gasteiger charge is 2.33. The van der Waals surface area contributed by atoms with Crippen molar-refractivity contribution in [3.8, 4) is 5.75 Å². The Morgan fingerprint density at radius 2 is 2.05 bits per heavy atom. The Morgan fingerprint density at radius 1 is 1.24 bits per heavy atom.